The van der Waals surface area contributed by atoms with Gasteiger partial charge in [-0.15, -0.1) is 5.17 Å². The molecule has 0 heterocycles. The summed E-state index contributed by atoms with van der Waals surface area (Å²) in [5.74, 6) is -0.447. The van der Waals surface area contributed by atoms with Gasteiger partial charge < -0.3 is 4.74 Å². The second kappa shape index (κ2) is 9.40. The standard InChI is InChI=1S/C21H19BrN2O5S/c1-29-18-12-13-19(17(20(18)22)14-15-8-4-2-5-9-15)30(27,28)23-24(26)21(25)16-10-6-3-7-11-16/h2-13,23,26H,14H2,1H3. The van der Waals surface area contributed by atoms with Crippen LogP contribution in [0.3, 0.4) is 0 Å². The first kappa shape index (κ1) is 22.0. The van der Waals surface area contributed by atoms with Crippen molar-refractivity contribution in [2.75, 3.05) is 7.11 Å². The Morgan fingerprint density at radius 3 is 2.23 bits per heavy atom. The molecule has 1 amide bonds. The molecule has 9 heteroatoms. The molecule has 7 nitrogen and oxygen atoms in total. The van der Waals surface area contributed by atoms with Crippen LogP contribution in [0.1, 0.15) is 21.5 Å². The van der Waals surface area contributed by atoms with E-state index in [0.29, 0.717) is 15.8 Å². The molecule has 0 atom stereocenters. The van der Waals surface area contributed by atoms with Gasteiger partial charge in [-0.1, -0.05) is 53.4 Å². The number of amides is 1. The summed E-state index contributed by atoms with van der Waals surface area (Å²) >= 11 is 3.41. The Hall–Kier alpha value is -2.72. The van der Waals surface area contributed by atoms with Gasteiger partial charge in [-0.25, -0.2) is 8.42 Å². The molecule has 0 bridgehead atoms. The Morgan fingerprint density at radius 1 is 1.03 bits per heavy atom. The maximum atomic E-state index is 13.0. The lowest BCUT2D eigenvalue weighted by molar-refractivity contribution is -0.0761. The van der Waals surface area contributed by atoms with Crippen LogP contribution in [0.15, 0.2) is 82.2 Å². The zero-order chi connectivity index (χ0) is 21.7. The Bertz CT molecular complexity index is 1140. The van der Waals surface area contributed by atoms with Crippen LogP contribution in [0.25, 0.3) is 0 Å². The molecule has 0 aliphatic heterocycles. The third-order valence-electron chi connectivity index (χ3n) is 4.32. The van der Waals surface area contributed by atoms with E-state index in [1.165, 1.54) is 31.4 Å². The van der Waals surface area contributed by atoms with Crippen LogP contribution < -0.4 is 9.57 Å². The molecule has 0 aromatic heterocycles. The Kier molecular flexibility index (Phi) is 6.88. The quantitative estimate of drug-likeness (QED) is 0.388. The van der Waals surface area contributed by atoms with Crippen LogP contribution in [0.2, 0.25) is 0 Å². The molecule has 3 rings (SSSR count). The number of nitrogens with one attached hydrogen (secondary N) is 1. The summed E-state index contributed by atoms with van der Waals surface area (Å²) in [5.41, 5.74) is 1.43. The number of halogens is 1. The topological polar surface area (TPSA) is 95.9 Å². The number of ether oxygens (including phenoxy) is 1. The fraction of sp³-hybridized carbons (Fsp3) is 0.0952. The average Bonchev–Trinajstić information content (AvgIpc) is 2.75. The van der Waals surface area contributed by atoms with Crippen molar-refractivity contribution in [1.82, 2.24) is 10.0 Å². The zero-order valence-corrected chi connectivity index (χ0v) is 18.4. The Balaban J connectivity index is 1.96. The van der Waals surface area contributed by atoms with E-state index in [1.807, 2.05) is 35.2 Å². The van der Waals surface area contributed by atoms with E-state index in [-0.39, 0.29) is 22.1 Å². The number of rotatable bonds is 7. The van der Waals surface area contributed by atoms with E-state index in [4.69, 9.17) is 4.74 Å². The highest BCUT2D eigenvalue weighted by Crippen LogP contribution is 2.34. The van der Waals surface area contributed by atoms with Gasteiger partial charge in [0.15, 0.2) is 0 Å². The number of carbonyl (C=O) groups excluding carboxylic acids is 1. The molecule has 0 fully saturated rings. The third kappa shape index (κ3) is 4.88. The fourth-order valence-electron chi connectivity index (χ4n) is 2.86. The highest BCUT2D eigenvalue weighted by Gasteiger charge is 2.27. The molecule has 0 aliphatic rings. The number of benzene rings is 3. The van der Waals surface area contributed by atoms with E-state index in [1.54, 1.807) is 18.2 Å². The number of carbonyl (C=O) groups is 1. The van der Waals surface area contributed by atoms with Crippen molar-refractivity contribution in [1.29, 1.82) is 0 Å². The molecule has 0 unspecified atom stereocenters. The van der Waals surface area contributed by atoms with Crippen molar-refractivity contribution in [2.24, 2.45) is 0 Å². The first-order chi connectivity index (χ1) is 14.3. The Labute approximate surface area is 183 Å². The number of nitrogens with zero attached hydrogens (tertiary/aromatic N) is 1. The molecule has 156 valence electrons. The minimum atomic E-state index is -4.29. The summed E-state index contributed by atoms with van der Waals surface area (Å²) in [7, 11) is -2.81. The molecule has 2 N–H and O–H groups in total. The van der Waals surface area contributed by atoms with E-state index >= 15 is 0 Å². The maximum Gasteiger partial charge on any atom is 0.293 e. The number of hydrogen-bond donors (Lipinski definition) is 2. The minimum absolute atomic E-state index is 0.0326. The third-order valence-corrected chi connectivity index (χ3v) is 6.56. The number of hydrogen-bond acceptors (Lipinski definition) is 5. The van der Waals surface area contributed by atoms with E-state index in [2.05, 4.69) is 15.9 Å². The zero-order valence-electron chi connectivity index (χ0n) is 15.9. The van der Waals surface area contributed by atoms with Crippen molar-refractivity contribution >= 4 is 31.9 Å². The lowest BCUT2D eigenvalue weighted by Crippen LogP contribution is -2.44. The van der Waals surface area contributed by atoms with Crippen molar-refractivity contribution in [3.05, 3.63) is 94.0 Å². The molecular weight excluding hydrogens is 472 g/mol. The van der Waals surface area contributed by atoms with E-state index in [0.717, 1.165) is 5.56 Å². The minimum Gasteiger partial charge on any atom is -0.496 e. The van der Waals surface area contributed by atoms with Gasteiger partial charge in [0, 0.05) is 12.0 Å². The lowest BCUT2D eigenvalue weighted by Gasteiger charge is -2.19. The molecule has 3 aromatic rings. The van der Waals surface area contributed by atoms with E-state index < -0.39 is 15.9 Å². The molecule has 0 spiro atoms. The normalized spacial score (nSPS) is 11.2. The van der Waals surface area contributed by atoms with Crippen LogP contribution in [0, 0.1) is 0 Å². The van der Waals surface area contributed by atoms with Crippen LogP contribution in [-0.4, -0.2) is 31.8 Å². The number of hydroxylamine groups is 1. The van der Waals surface area contributed by atoms with Crippen molar-refractivity contribution in [3.63, 3.8) is 0 Å². The predicted molar refractivity (Wildman–Crippen MR) is 115 cm³/mol. The molecule has 0 saturated carbocycles. The van der Waals surface area contributed by atoms with E-state index in [9.17, 15) is 18.4 Å². The summed E-state index contributed by atoms with van der Waals surface area (Å²) < 4.78 is 31.8. The van der Waals surface area contributed by atoms with Gasteiger partial charge in [0.05, 0.1) is 16.5 Å². The summed E-state index contributed by atoms with van der Waals surface area (Å²) in [5, 5.41) is 10.0. The van der Waals surface area contributed by atoms with Gasteiger partial charge in [-0.3, -0.25) is 10.0 Å². The molecule has 3 aromatic carbocycles. The van der Waals surface area contributed by atoms with Gasteiger partial charge in [0.2, 0.25) is 0 Å². The second-order valence-electron chi connectivity index (χ2n) is 6.30. The SMILES string of the molecule is COc1ccc(S(=O)(=O)NN(O)C(=O)c2ccccc2)c(Cc2ccccc2)c1Br. The van der Waals surface area contributed by atoms with Crippen LogP contribution in [0.5, 0.6) is 5.75 Å². The first-order valence-corrected chi connectivity index (χ1v) is 11.1. The molecule has 0 saturated heterocycles. The van der Waals surface area contributed by atoms with Crippen LogP contribution in [0.4, 0.5) is 0 Å². The first-order valence-electron chi connectivity index (χ1n) is 8.83. The largest absolute Gasteiger partial charge is 0.496 e. The van der Waals surface area contributed by atoms with Gasteiger partial charge >= 0.3 is 0 Å². The van der Waals surface area contributed by atoms with Crippen molar-refractivity contribution in [3.8, 4) is 5.75 Å². The number of methoxy groups -OCH3 is 1. The van der Waals surface area contributed by atoms with Crippen LogP contribution in [-0.2, 0) is 16.4 Å². The summed E-state index contributed by atoms with van der Waals surface area (Å²) in [6, 6.07) is 20.0. The predicted octanol–water partition coefficient (Wildman–Crippen LogP) is 3.77. The lowest BCUT2D eigenvalue weighted by atomic mass is 10.0. The molecular formula is C21H19BrN2O5S. The monoisotopic (exact) mass is 490 g/mol. The molecule has 30 heavy (non-hydrogen) atoms. The summed E-state index contributed by atoms with van der Waals surface area (Å²) in [4.78, 5) is 14.1. The summed E-state index contributed by atoms with van der Waals surface area (Å²) in [6.07, 6.45) is 0.285. The van der Waals surface area contributed by atoms with Gasteiger partial charge in [0.25, 0.3) is 15.9 Å². The van der Waals surface area contributed by atoms with Gasteiger partial charge in [0.1, 0.15) is 5.75 Å². The van der Waals surface area contributed by atoms with Crippen molar-refractivity contribution < 1.29 is 23.2 Å². The van der Waals surface area contributed by atoms with Gasteiger partial charge in [-0.2, -0.15) is 0 Å². The summed E-state index contributed by atoms with van der Waals surface area (Å²) in [6.45, 7) is 0. The highest BCUT2D eigenvalue weighted by molar-refractivity contribution is 9.10. The average molecular weight is 491 g/mol. The number of hydrazine groups is 1. The fourth-order valence-corrected chi connectivity index (χ4v) is 4.80. The maximum absolute atomic E-state index is 13.0. The van der Waals surface area contributed by atoms with Crippen molar-refractivity contribution in [2.45, 2.75) is 11.3 Å². The smallest absolute Gasteiger partial charge is 0.293 e. The molecule has 0 aliphatic carbocycles. The van der Waals surface area contributed by atoms with Crippen LogP contribution >= 0.6 is 15.9 Å². The molecule has 0 radical (unpaired) electrons. The number of sulfonamides is 1. The van der Waals surface area contributed by atoms with Gasteiger partial charge in [-0.05, 0) is 51.3 Å². The Morgan fingerprint density at radius 2 is 1.63 bits per heavy atom. The highest BCUT2D eigenvalue weighted by atomic mass is 79.9. The second-order valence-corrected chi connectivity index (χ2v) is 8.72.